The topological polar surface area (TPSA) is 70.4 Å². The van der Waals surface area contributed by atoms with Crippen molar-refractivity contribution >= 4 is 35.4 Å². The molecule has 0 fully saturated rings. The van der Waals surface area contributed by atoms with Crippen LogP contribution < -0.4 is 5.43 Å². The number of anilines is 1. The second-order valence-corrected chi connectivity index (χ2v) is 7.73. The van der Waals surface area contributed by atoms with Crippen molar-refractivity contribution < 1.29 is 5.11 Å². The average Bonchev–Trinajstić information content (AvgIpc) is 2.78. The van der Waals surface area contributed by atoms with Crippen LogP contribution in [0.5, 0.6) is 5.75 Å². The molecule has 7 heteroatoms. The number of aryl methyl sites for hydroxylation is 1. The van der Waals surface area contributed by atoms with Crippen molar-refractivity contribution in [3.05, 3.63) is 94.0 Å². The summed E-state index contributed by atoms with van der Waals surface area (Å²) < 4.78 is 0. The summed E-state index contributed by atoms with van der Waals surface area (Å²) in [7, 11) is 0. The van der Waals surface area contributed by atoms with Crippen molar-refractivity contribution in [3.63, 3.8) is 0 Å². The van der Waals surface area contributed by atoms with Gasteiger partial charge in [0.1, 0.15) is 5.75 Å². The monoisotopic (exact) mass is 448 g/mol. The molecule has 0 radical (unpaired) electrons. The first kappa shape index (κ1) is 20.8. The maximum Gasteiger partial charge on any atom is 0.244 e. The lowest BCUT2D eigenvalue weighted by Crippen LogP contribution is -2.00. The van der Waals surface area contributed by atoms with Crippen LogP contribution in [-0.2, 0) is 0 Å². The fourth-order valence-electron chi connectivity index (χ4n) is 2.97. The number of nitrogens with one attached hydrogen (secondary N) is 1. The van der Waals surface area contributed by atoms with Gasteiger partial charge in [0.25, 0.3) is 0 Å². The normalized spacial score (nSPS) is 11.1. The van der Waals surface area contributed by atoms with Gasteiger partial charge in [-0.05, 0) is 25.1 Å². The molecule has 0 aliphatic rings. The number of hydrogen-bond donors (Lipinski definition) is 2. The molecular formula is C24H18Cl2N4O. The van der Waals surface area contributed by atoms with Gasteiger partial charge in [-0.25, -0.2) is 15.4 Å². The Balaban J connectivity index is 1.70. The maximum absolute atomic E-state index is 10.1. The van der Waals surface area contributed by atoms with Gasteiger partial charge in [-0.2, -0.15) is 5.10 Å². The van der Waals surface area contributed by atoms with E-state index >= 15 is 0 Å². The lowest BCUT2D eigenvalue weighted by molar-refractivity contribution is 0.475. The molecule has 0 aliphatic carbocycles. The van der Waals surface area contributed by atoms with Gasteiger partial charge >= 0.3 is 0 Å². The number of benzene rings is 3. The summed E-state index contributed by atoms with van der Waals surface area (Å²) in [5.41, 5.74) is 7.85. The molecule has 2 N–H and O–H groups in total. The van der Waals surface area contributed by atoms with Crippen LogP contribution >= 0.6 is 23.2 Å². The lowest BCUT2D eigenvalue weighted by atomic mass is 10.1. The highest BCUT2D eigenvalue weighted by atomic mass is 35.5. The van der Waals surface area contributed by atoms with Crippen LogP contribution in [0.3, 0.4) is 0 Å². The first-order valence-electron chi connectivity index (χ1n) is 9.48. The molecule has 1 heterocycles. The molecule has 0 bridgehead atoms. The molecule has 5 nitrogen and oxygen atoms in total. The van der Waals surface area contributed by atoms with Crippen LogP contribution in [0.15, 0.2) is 77.9 Å². The number of rotatable bonds is 5. The van der Waals surface area contributed by atoms with Gasteiger partial charge in [-0.1, -0.05) is 83.4 Å². The first-order chi connectivity index (χ1) is 15.0. The lowest BCUT2D eigenvalue weighted by Gasteiger charge is -2.09. The summed E-state index contributed by atoms with van der Waals surface area (Å²) in [4.78, 5) is 9.18. The van der Waals surface area contributed by atoms with E-state index in [1.165, 1.54) is 17.8 Å². The molecule has 0 saturated heterocycles. The summed E-state index contributed by atoms with van der Waals surface area (Å²) in [6.07, 6.45) is 1.41. The molecule has 0 unspecified atom stereocenters. The van der Waals surface area contributed by atoms with Gasteiger partial charge in [0, 0.05) is 21.7 Å². The maximum atomic E-state index is 10.1. The van der Waals surface area contributed by atoms with Crippen LogP contribution in [-0.4, -0.2) is 21.3 Å². The fraction of sp³-hybridized carbons (Fsp3) is 0.0417. The summed E-state index contributed by atoms with van der Waals surface area (Å²) in [5, 5.41) is 14.8. The predicted molar refractivity (Wildman–Crippen MR) is 127 cm³/mol. The number of hydrogen-bond acceptors (Lipinski definition) is 5. The second-order valence-electron chi connectivity index (χ2n) is 6.89. The van der Waals surface area contributed by atoms with Crippen LogP contribution in [0.4, 0.5) is 5.95 Å². The molecular weight excluding hydrogens is 431 g/mol. The molecule has 31 heavy (non-hydrogen) atoms. The molecule has 4 rings (SSSR count). The Hall–Kier alpha value is -3.41. The SMILES string of the molecule is Cc1ccc(-c2cc(-c3ccccc3)nc(NN=Cc3cc(Cl)cc(Cl)c3O)n2)cc1. The highest BCUT2D eigenvalue weighted by molar-refractivity contribution is 6.36. The quantitative estimate of drug-likeness (QED) is 0.267. The molecule has 0 aliphatic heterocycles. The Labute approximate surface area is 190 Å². The van der Waals surface area contributed by atoms with E-state index in [0.29, 0.717) is 16.5 Å². The van der Waals surface area contributed by atoms with Crippen LogP contribution in [0.2, 0.25) is 10.0 Å². The third-order valence-corrected chi connectivity index (χ3v) is 5.08. The molecule has 0 spiro atoms. The number of aromatic nitrogens is 2. The molecule has 0 saturated carbocycles. The van der Waals surface area contributed by atoms with Crippen molar-refractivity contribution in [2.45, 2.75) is 6.92 Å². The van der Waals surface area contributed by atoms with Crippen molar-refractivity contribution in [2.75, 3.05) is 5.43 Å². The molecule has 3 aromatic carbocycles. The second kappa shape index (κ2) is 9.16. The van der Waals surface area contributed by atoms with Gasteiger partial charge in [0.15, 0.2) is 0 Å². The minimum atomic E-state index is -0.101. The van der Waals surface area contributed by atoms with E-state index in [-0.39, 0.29) is 10.8 Å². The van der Waals surface area contributed by atoms with Gasteiger partial charge in [-0.15, -0.1) is 0 Å². The Bertz CT molecular complexity index is 1240. The van der Waals surface area contributed by atoms with E-state index in [0.717, 1.165) is 22.5 Å². The zero-order valence-electron chi connectivity index (χ0n) is 16.6. The van der Waals surface area contributed by atoms with E-state index in [1.807, 2.05) is 67.6 Å². The largest absolute Gasteiger partial charge is 0.506 e. The van der Waals surface area contributed by atoms with Crippen molar-refractivity contribution in [3.8, 4) is 28.3 Å². The standard InChI is InChI=1S/C24H18Cl2N4O/c1-15-7-9-17(10-8-15)22-13-21(16-5-3-2-4-6-16)28-24(29-22)30-27-14-18-11-19(25)12-20(26)23(18)31/h2-14,31H,1H3,(H,28,29,30). The van der Waals surface area contributed by atoms with Crippen LogP contribution in [0.1, 0.15) is 11.1 Å². The smallest absolute Gasteiger partial charge is 0.244 e. The zero-order valence-corrected chi connectivity index (χ0v) is 18.1. The Morgan fingerprint density at radius 2 is 1.52 bits per heavy atom. The summed E-state index contributed by atoms with van der Waals surface area (Å²) in [6.45, 7) is 2.04. The summed E-state index contributed by atoms with van der Waals surface area (Å²) >= 11 is 12.0. The average molecular weight is 449 g/mol. The highest BCUT2D eigenvalue weighted by Crippen LogP contribution is 2.30. The van der Waals surface area contributed by atoms with Gasteiger partial charge in [-0.3, -0.25) is 0 Å². The highest BCUT2D eigenvalue weighted by Gasteiger charge is 2.09. The number of phenolic OH excluding ortho intramolecular Hbond substituents is 1. The van der Waals surface area contributed by atoms with E-state index < -0.39 is 0 Å². The van der Waals surface area contributed by atoms with Gasteiger partial charge in [0.2, 0.25) is 5.95 Å². The minimum Gasteiger partial charge on any atom is -0.506 e. The third kappa shape index (κ3) is 5.02. The third-order valence-electron chi connectivity index (χ3n) is 4.57. The number of hydrazone groups is 1. The molecule has 0 amide bonds. The van der Waals surface area contributed by atoms with Gasteiger partial charge in [0.05, 0.1) is 22.6 Å². The van der Waals surface area contributed by atoms with Crippen LogP contribution in [0, 0.1) is 6.92 Å². The number of phenols is 1. The van der Waals surface area contributed by atoms with Gasteiger partial charge < -0.3 is 5.11 Å². The molecule has 4 aromatic rings. The van der Waals surface area contributed by atoms with Crippen molar-refractivity contribution in [1.82, 2.24) is 9.97 Å². The summed E-state index contributed by atoms with van der Waals surface area (Å²) in [6, 6.07) is 22.9. The molecule has 0 atom stereocenters. The van der Waals surface area contributed by atoms with Crippen molar-refractivity contribution in [1.29, 1.82) is 0 Å². The molecule has 1 aromatic heterocycles. The van der Waals surface area contributed by atoms with E-state index in [2.05, 4.69) is 20.5 Å². The predicted octanol–water partition coefficient (Wildman–Crippen LogP) is 6.58. The number of nitrogens with zero attached hydrogens (tertiary/aromatic N) is 3. The van der Waals surface area contributed by atoms with Crippen LogP contribution in [0.25, 0.3) is 22.5 Å². The van der Waals surface area contributed by atoms with E-state index in [4.69, 9.17) is 23.2 Å². The number of halogens is 2. The Morgan fingerprint density at radius 3 is 2.19 bits per heavy atom. The van der Waals surface area contributed by atoms with E-state index in [1.54, 1.807) is 6.07 Å². The minimum absolute atomic E-state index is 0.101. The summed E-state index contributed by atoms with van der Waals surface area (Å²) in [5.74, 6) is 0.219. The first-order valence-corrected chi connectivity index (χ1v) is 10.2. The fourth-order valence-corrected chi connectivity index (χ4v) is 3.48. The Morgan fingerprint density at radius 1 is 0.871 bits per heavy atom. The Kier molecular flexibility index (Phi) is 6.16. The van der Waals surface area contributed by atoms with Crippen molar-refractivity contribution in [2.24, 2.45) is 5.10 Å². The number of aromatic hydroxyl groups is 1. The van der Waals surface area contributed by atoms with E-state index in [9.17, 15) is 5.11 Å². The molecule has 154 valence electrons. The zero-order chi connectivity index (χ0) is 21.8.